The van der Waals surface area contributed by atoms with E-state index in [1.807, 2.05) is 0 Å². The second kappa shape index (κ2) is 3.31. The Hall–Kier alpha value is -0.410. The minimum atomic E-state index is -0.164. The largest absolute Gasteiger partial charge is 0.390 e. The van der Waals surface area contributed by atoms with Crippen molar-refractivity contribution in [3.8, 4) is 0 Å². The van der Waals surface area contributed by atoms with E-state index in [9.17, 15) is 9.90 Å². The van der Waals surface area contributed by atoms with E-state index in [0.717, 1.165) is 25.9 Å². The Labute approximate surface area is 85.1 Å². The summed E-state index contributed by atoms with van der Waals surface area (Å²) in [6.45, 7) is 5.96. The van der Waals surface area contributed by atoms with E-state index in [1.165, 1.54) is 0 Å². The summed E-state index contributed by atoms with van der Waals surface area (Å²) in [6.07, 6.45) is 2.24. The molecule has 1 atom stereocenters. The average Bonchev–Trinajstić information content (AvgIpc) is 2.04. The maximum absolute atomic E-state index is 11.4. The monoisotopic (exact) mass is 197 g/mol. The van der Waals surface area contributed by atoms with Crippen molar-refractivity contribution in [2.75, 3.05) is 13.1 Å². The highest BCUT2D eigenvalue weighted by atomic mass is 16.3. The second-order valence-corrected chi connectivity index (χ2v) is 5.35. The molecule has 0 aromatic heterocycles. The molecule has 1 N–H and O–H groups in total. The number of Topliss-reactive ketones (excluding diaryl/α,β-unsaturated/α-hetero) is 1. The first-order chi connectivity index (χ1) is 6.49. The lowest BCUT2D eigenvalue weighted by Gasteiger charge is -2.50. The quantitative estimate of drug-likeness (QED) is 0.676. The standard InChI is InChI=1S/C11H19NO2/c1-11(2)4-3-8(13)5-10(11)12-6-9(14)7-12/h9-10,14H,3-7H2,1-2H3. The van der Waals surface area contributed by atoms with Crippen molar-refractivity contribution in [3.05, 3.63) is 0 Å². The molecule has 1 aliphatic carbocycles. The summed E-state index contributed by atoms with van der Waals surface area (Å²) < 4.78 is 0. The van der Waals surface area contributed by atoms with Crippen molar-refractivity contribution < 1.29 is 9.90 Å². The smallest absolute Gasteiger partial charge is 0.134 e. The number of nitrogens with zero attached hydrogens (tertiary/aromatic N) is 1. The Morgan fingerprint density at radius 2 is 2.07 bits per heavy atom. The summed E-state index contributed by atoms with van der Waals surface area (Å²) >= 11 is 0. The van der Waals surface area contributed by atoms with Gasteiger partial charge in [0.1, 0.15) is 5.78 Å². The zero-order valence-electron chi connectivity index (χ0n) is 8.99. The fourth-order valence-electron chi connectivity index (χ4n) is 2.59. The van der Waals surface area contributed by atoms with Crippen LogP contribution in [0, 0.1) is 5.41 Å². The van der Waals surface area contributed by atoms with Gasteiger partial charge in [0.15, 0.2) is 0 Å². The van der Waals surface area contributed by atoms with Gasteiger partial charge in [-0.25, -0.2) is 0 Å². The minimum Gasteiger partial charge on any atom is -0.390 e. The Kier molecular flexibility index (Phi) is 2.40. The van der Waals surface area contributed by atoms with Crippen LogP contribution in [0.5, 0.6) is 0 Å². The molecule has 2 aliphatic rings. The van der Waals surface area contributed by atoms with Crippen LogP contribution in [0.3, 0.4) is 0 Å². The molecular formula is C11H19NO2. The molecule has 1 saturated carbocycles. The summed E-state index contributed by atoms with van der Waals surface area (Å²) in [5, 5.41) is 9.26. The van der Waals surface area contributed by atoms with E-state index in [0.29, 0.717) is 18.2 Å². The van der Waals surface area contributed by atoms with Gasteiger partial charge in [0, 0.05) is 32.0 Å². The van der Waals surface area contributed by atoms with Crippen molar-refractivity contribution >= 4 is 5.78 Å². The molecule has 0 aromatic rings. The lowest BCUT2D eigenvalue weighted by molar-refractivity contribution is -0.130. The van der Waals surface area contributed by atoms with Gasteiger partial charge in [0.2, 0.25) is 0 Å². The third-order valence-corrected chi connectivity index (χ3v) is 3.70. The van der Waals surface area contributed by atoms with E-state index < -0.39 is 0 Å². The number of aliphatic hydroxyl groups excluding tert-OH is 1. The van der Waals surface area contributed by atoms with Crippen LogP contribution in [0.15, 0.2) is 0 Å². The molecule has 0 bridgehead atoms. The third kappa shape index (κ3) is 1.71. The first kappa shape index (κ1) is 10.1. The molecule has 0 spiro atoms. The predicted molar refractivity (Wildman–Crippen MR) is 54.0 cm³/mol. The molecule has 0 aromatic carbocycles. The number of hydrogen-bond donors (Lipinski definition) is 1. The highest BCUT2D eigenvalue weighted by molar-refractivity contribution is 5.80. The number of ketones is 1. The van der Waals surface area contributed by atoms with Gasteiger partial charge in [-0.3, -0.25) is 9.69 Å². The molecule has 1 saturated heterocycles. The molecule has 1 heterocycles. The van der Waals surface area contributed by atoms with E-state index in [2.05, 4.69) is 18.7 Å². The molecule has 1 unspecified atom stereocenters. The number of rotatable bonds is 1. The summed E-state index contributed by atoms with van der Waals surface area (Å²) in [4.78, 5) is 13.6. The van der Waals surface area contributed by atoms with E-state index in [1.54, 1.807) is 0 Å². The maximum atomic E-state index is 11.4. The molecule has 2 rings (SSSR count). The molecule has 0 radical (unpaired) electrons. The number of β-amino-alcohol motifs (C(OH)–C–C–N with tert-alkyl or cyclic N) is 1. The number of carbonyl (C=O) groups excluding carboxylic acids is 1. The predicted octanol–water partition coefficient (Wildman–Crippen LogP) is 0.811. The first-order valence-corrected chi connectivity index (χ1v) is 5.43. The zero-order chi connectivity index (χ0) is 10.3. The van der Waals surface area contributed by atoms with Crippen molar-refractivity contribution in [1.82, 2.24) is 4.90 Å². The van der Waals surface area contributed by atoms with E-state index in [-0.39, 0.29) is 11.5 Å². The van der Waals surface area contributed by atoms with Crippen LogP contribution in [-0.4, -0.2) is 41.0 Å². The fraction of sp³-hybridized carbons (Fsp3) is 0.909. The van der Waals surface area contributed by atoms with Crippen LogP contribution >= 0.6 is 0 Å². The highest BCUT2D eigenvalue weighted by Gasteiger charge is 2.43. The molecule has 14 heavy (non-hydrogen) atoms. The number of hydrogen-bond acceptors (Lipinski definition) is 3. The van der Waals surface area contributed by atoms with Gasteiger partial charge in [-0.2, -0.15) is 0 Å². The topological polar surface area (TPSA) is 40.5 Å². The zero-order valence-corrected chi connectivity index (χ0v) is 8.99. The van der Waals surface area contributed by atoms with Crippen molar-refractivity contribution in [2.24, 2.45) is 5.41 Å². The van der Waals surface area contributed by atoms with Crippen LogP contribution in [-0.2, 0) is 4.79 Å². The maximum Gasteiger partial charge on any atom is 0.134 e. The average molecular weight is 197 g/mol. The van der Waals surface area contributed by atoms with Gasteiger partial charge in [-0.05, 0) is 11.8 Å². The molecule has 0 amide bonds. The Bertz CT molecular complexity index is 244. The van der Waals surface area contributed by atoms with Crippen molar-refractivity contribution in [2.45, 2.75) is 45.3 Å². The van der Waals surface area contributed by atoms with Gasteiger partial charge >= 0.3 is 0 Å². The summed E-state index contributed by atoms with van der Waals surface area (Å²) in [5.41, 5.74) is 0.230. The summed E-state index contributed by atoms with van der Waals surface area (Å²) in [7, 11) is 0. The SMILES string of the molecule is CC1(C)CCC(=O)CC1N1CC(O)C1. The third-order valence-electron chi connectivity index (χ3n) is 3.70. The molecule has 80 valence electrons. The van der Waals surface area contributed by atoms with Crippen molar-refractivity contribution in [1.29, 1.82) is 0 Å². The van der Waals surface area contributed by atoms with Gasteiger partial charge < -0.3 is 5.11 Å². The Balaban J connectivity index is 2.03. The molecular weight excluding hydrogens is 178 g/mol. The molecule has 1 aliphatic heterocycles. The van der Waals surface area contributed by atoms with Crippen LogP contribution < -0.4 is 0 Å². The van der Waals surface area contributed by atoms with Gasteiger partial charge in [-0.15, -0.1) is 0 Å². The van der Waals surface area contributed by atoms with Crippen LogP contribution in [0.1, 0.15) is 33.1 Å². The van der Waals surface area contributed by atoms with Crippen LogP contribution in [0.2, 0.25) is 0 Å². The lowest BCUT2D eigenvalue weighted by Crippen LogP contribution is -2.60. The van der Waals surface area contributed by atoms with E-state index >= 15 is 0 Å². The van der Waals surface area contributed by atoms with Gasteiger partial charge in [0.05, 0.1) is 6.10 Å². The second-order valence-electron chi connectivity index (χ2n) is 5.35. The molecule has 3 nitrogen and oxygen atoms in total. The van der Waals surface area contributed by atoms with Gasteiger partial charge in [-0.1, -0.05) is 13.8 Å². The number of likely N-dealkylation sites (tertiary alicyclic amines) is 1. The lowest BCUT2D eigenvalue weighted by atomic mass is 9.71. The highest BCUT2D eigenvalue weighted by Crippen LogP contribution is 2.38. The number of aliphatic hydroxyl groups is 1. The minimum absolute atomic E-state index is 0.164. The molecule has 2 fully saturated rings. The summed E-state index contributed by atoms with van der Waals surface area (Å²) in [6, 6.07) is 0.354. The first-order valence-electron chi connectivity index (χ1n) is 5.43. The van der Waals surface area contributed by atoms with Crippen LogP contribution in [0.4, 0.5) is 0 Å². The van der Waals surface area contributed by atoms with E-state index in [4.69, 9.17) is 0 Å². The fourth-order valence-corrected chi connectivity index (χ4v) is 2.59. The molecule has 3 heteroatoms. The normalized spacial score (nSPS) is 34.2. The Morgan fingerprint density at radius 3 is 2.64 bits per heavy atom. The Morgan fingerprint density at radius 1 is 1.43 bits per heavy atom. The van der Waals surface area contributed by atoms with Crippen LogP contribution in [0.25, 0.3) is 0 Å². The van der Waals surface area contributed by atoms with Gasteiger partial charge in [0.25, 0.3) is 0 Å². The number of carbonyl (C=O) groups is 1. The summed E-state index contributed by atoms with van der Waals surface area (Å²) in [5.74, 6) is 0.385. The van der Waals surface area contributed by atoms with Crippen molar-refractivity contribution in [3.63, 3.8) is 0 Å².